The van der Waals surface area contributed by atoms with Crippen LogP contribution in [0.15, 0.2) is 0 Å². The summed E-state index contributed by atoms with van der Waals surface area (Å²) in [7, 11) is 0. The Morgan fingerprint density at radius 1 is 1.18 bits per heavy atom. The molecule has 0 aliphatic carbocycles. The monoisotopic (exact) mass is 198 g/mol. The standard InChI is InChI=1S/C7H14N2.2ClH/c1-2-7-6-8-3-5-9(7)4-1;;/h7-8H,1-6H2;2*1H/t7-;;/m0../s1. The number of fused-ring (bicyclic) bond motifs is 1. The van der Waals surface area contributed by atoms with Gasteiger partial charge >= 0.3 is 0 Å². The molecule has 0 aromatic carbocycles. The Bertz CT molecular complexity index is 98.6. The minimum absolute atomic E-state index is 0. The van der Waals surface area contributed by atoms with Gasteiger partial charge in [0.05, 0.1) is 0 Å². The van der Waals surface area contributed by atoms with E-state index in [4.69, 9.17) is 0 Å². The van der Waals surface area contributed by atoms with Gasteiger partial charge in [-0.3, -0.25) is 4.90 Å². The van der Waals surface area contributed by atoms with E-state index in [9.17, 15) is 0 Å². The number of hydrogen-bond acceptors (Lipinski definition) is 2. The van der Waals surface area contributed by atoms with Gasteiger partial charge in [-0.25, -0.2) is 0 Å². The largest absolute Gasteiger partial charge is 0.314 e. The second-order valence-corrected chi connectivity index (χ2v) is 3.04. The molecule has 2 nitrogen and oxygen atoms in total. The first-order valence-corrected chi connectivity index (χ1v) is 3.91. The van der Waals surface area contributed by atoms with Crippen LogP contribution in [0.2, 0.25) is 0 Å². The molecule has 0 amide bonds. The Hall–Kier alpha value is 0.500. The fourth-order valence-electron chi connectivity index (χ4n) is 1.91. The third-order valence-electron chi connectivity index (χ3n) is 2.45. The van der Waals surface area contributed by atoms with E-state index >= 15 is 0 Å². The molecule has 0 unspecified atom stereocenters. The van der Waals surface area contributed by atoms with Crippen LogP contribution < -0.4 is 5.32 Å². The van der Waals surface area contributed by atoms with E-state index in [1.165, 1.54) is 39.0 Å². The molecule has 2 aliphatic rings. The van der Waals surface area contributed by atoms with Gasteiger partial charge in [-0.1, -0.05) is 0 Å². The molecule has 0 aromatic rings. The number of halogens is 2. The minimum Gasteiger partial charge on any atom is -0.314 e. The molecular weight excluding hydrogens is 183 g/mol. The van der Waals surface area contributed by atoms with Crippen molar-refractivity contribution in [1.82, 2.24) is 10.2 Å². The molecule has 0 aromatic heterocycles. The van der Waals surface area contributed by atoms with Gasteiger partial charge in [0.2, 0.25) is 0 Å². The smallest absolute Gasteiger partial charge is 0.0221 e. The minimum atomic E-state index is 0. The molecule has 2 rings (SSSR count). The zero-order chi connectivity index (χ0) is 6.10. The predicted octanol–water partition coefficient (Wildman–Crippen LogP) is 0.898. The highest BCUT2D eigenvalue weighted by molar-refractivity contribution is 5.85. The lowest BCUT2D eigenvalue weighted by molar-refractivity contribution is 0.212. The summed E-state index contributed by atoms with van der Waals surface area (Å²) in [6.45, 7) is 5.08. The highest BCUT2D eigenvalue weighted by atomic mass is 35.5. The van der Waals surface area contributed by atoms with E-state index in [0.717, 1.165) is 6.04 Å². The van der Waals surface area contributed by atoms with Crippen LogP contribution in [0, 0.1) is 0 Å². The summed E-state index contributed by atoms with van der Waals surface area (Å²) in [5, 5.41) is 3.41. The Morgan fingerprint density at radius 3 is 2.73 bits per heavy atom. The van der Waals surface area contributed by atoms with Crippen LogP contribution in [0.3, 0.4) is 0 Å². The van der Waals surface area contributed by atoms with Gasteiger partial charge in [0.1, 0.15) is 0 Å². The number of nitrogens with zero attached hydrogens (tertiary/aromatic N) is 1. The van der Waals surface area contributed by atoms with Gasteiger partial charge in [0.25, 0.3) is 0 Å². The maximum atomic E-state index is 3.41. The fourth-order valence-corrected chi connectivity index (χ4v) is 1.91. The fraction of sp³-hybridized carbons (Fsp3) is 1.00. The molecule has 2 fully saturated rings. The Balaban J connectivity index is 0.000000500. The number of hydrogen-bond donors (Lipinski definition) is 1. The summed E-state index contributed by atoms with van der Waals surface area (Å²) in [6.07, 6.45) is 2.85. The SMILES string of the molecule is C1C[C@H]2CNCCN2C1.Cl.Cl. The zero-order valence-corrected chi connectivity index (χ0v) is 8.22. The molecule has 1 atom stereocenters. The molecule has 11 heavy (non-hydrogen) atoms. The van der Waals surface area contributed by atoms with Crippen LogP contribution in [0.4, 0.5) is 0 Å². The quantitative estimate of drug-likeness (QED) is 0.623. The van der Waals surface area contributed by atoms with Crippen LogP contribution in [0.1, 0.15) is 12.8 Å². The van der Waals surface area contributed by atoms with Crippen molar-refractivity contribution in [3.8, 4) is 0 Å². The summed E-state index contributed by atoms with van der Waals surface area (Å²) in [5.74, 6) is 0. The summed E-state index contributed by atoms with van der Waals surface area (Å²) in [6, 6.07) is 0.888. The predicted molar refractivity (Wildman–Crippen MR) is 52.0 cm³/mol. The lowest BCUT2D eigenvalue weighted by atomic mass is 10.2. The maximum Gasteiger partial charge on any atom is 0.0221 e. The van der Waals surface area contributed by atoms with Gasteiger partial charge in [0.15, 0.2) is 0 Å². The van der Waals surface area contributed by atoms with Gasteiger partial charge in [0, 0.05) is 25.7 Å². The first kappa shape index (κ1) is 11.5. The van der Waals surface area contributed by atoms with Crippen molar-refractivity contribution < 1.29 is 0 Å². The van der Waals surface area contributed by atoms with Gasteiger partial charge in [-0.2, -0.15) is 0 Å². The van der Waals surface area contributed by atoms with Crippen molar-refractivity contribution in [2.24, 2.45) is 0 Å². The van der Waals surface area contributed by atoms with E-state index in [1.807, 2.05) is 0 Å². The van der Waals surface area contributed by atoms with E-state index in [2.05, 4.69) is 10.2 Å². The van der Waals surface area contributed by atoms with Crippen molar-refractivity contribution in [3.63, 3.8) is 0 Å². The average Bonchev–Trinajstić information content (AvgIpc) is 2.33. The van der Waals surface area contributed by atoms with E-state index < -0.39 is 0 Å². The van der Waals surface area contributed by atoms with Crippen molar-refractivity contribution in [2.45, 2.75) is 18.9 Å². The molecule has 1 N–H and O–H groups in total. The van der Waals surface area contributed by atoms with Crippen LogP contribution >= 0.6 is 24.8 Å². The van der Waals surface area contributed by atoms with Crippen molar-refractivity contribution in [1.29, 1.82) is 0 Å². The van der Waals surface area contributed by atoms with Crippen LogP contribution in [0.5, 0.6) is 0 Å². The van der Waals surface area contributed by atoms with Gasteiger partial charge in [-0.15, -0.1) is 24.8 Å². The van der Waals surface area contributed by atoms with Gasteiger partial charge < -0.3 is 5.32 Å². The third kappa shape index (κ3) is 2.48. The lowest BCUT2D eigenvalue weighted by Crippen LogP contribution is -2.47. The molecular formula is C7H16Cl2N2. The number of piperazine rings is 1. The Morgan fingerprint density at radius 2 is 2.00 bits per heavy atom. The second-order valence-electron chi connectivity index (χ2n) is 3.04. The molecule has 68 valence electrons. The van der Waals surface area contributed by atoms with E-state index in [-0.39, 0.29) is 24.8 Å². The summed E-state index contributed by atoms with van der Waals surface area (Å²) in [5.41, 5.74) is 0. The third-order valence-corrected chi connectivity index (χ3v) is 2.45. The molecule has 2 saturated heterocycles. The molecule has 2 aliphatic heterocycles. The summed E-state index contributed by atoms with van der Waals surface area (Å²) in [4.78, 5) is 2.61. The highest BCUT2D eigenvalue weighted by Crippen LogP contribution is 2.17. The van der Waals surface area contributed by atoms with Crippen molar-refractivity contribution >= 4 is 24.8 Å². The summed E-state index contributed by atoms with van der Waals surface area (Å²) < 4.78 is 0. The first-order chi connectivity index (χ1) is 4.47. The van der Waals surface area contributed by atoms with Crippen LogP contribution in [-0.4, -0.2) is 37.1 Å². The van der Waals surface area contributed by atoms with Crippen LogP contribution in [0.25, 0.3) is 0 Å². The first-order valence-electron chi connectivity index (χ1n) is 3.91. The number of nitrogens with one attached hydrogen (secondary N) is 1. The molecule has 0 radical (unpaired) electrons. The summed E-state index contributed by atoms with van der Waals surface area (Å²) >= 11 is 0. The Kier molecular flexibility index (Phi) is 5.44. The second kappa shape index (κ2) is 5.20. The lowest BCUT2D eigenvalue weighted by Gasteiger charge is -2.29. The van der Waals surface area contributed by atoms with Crippen molar-refractivity contribution in [2.75, 3.05) is 26.2 Å². The van der Waals surface area contributed by atoms with Crippen molar-refractivity contribution in [3.05, 3.63) is 0 Å². The molecule has 0 spiro atoms. The van der Waals surface area contributed by atoms with E-state index in [0.29, 0.717) is 0 Å². The maximum absolute atomic E-state index is 3.41. The topological polar surface area (TPSA) is 15.3 Å². The van der Waals surface area contributed by atoms with Crippen LogP contribution in [-0.2, 0) is 0 Å². The Labute approximate surface area is 80.5 Å². The molecule has 4 heteroatoms. The molecule has 2 heterocycles. The molecule has 0 saturated carbocycles. The zero-order valence-electron chi connectivity index (χ0n) is 6.58. The average molecular weight is 199 g/mol. The van der Waals surface area contributed by atoms with E-state index in [1.54, 1.807) is 0 Å². The highest BCUT2D eigenvalue weighted by Gasteiger charge is 2.25. The number of rotatable bonds is 0. The molecule has 0 bridgehead atoms. The normalized spacial score (nSPS) is 30.0. The van der Waals surface area contributed by atoms with Gasteiger partial charge in [-0.05, 0) is 19.4 Å².